The highest BCUT2D eigenvalue weighted by Crippen LogP contribution is 2.40. The second-order valence-corrected chi connectivity index (χ2v) is 9.57. The molecule has 1 saturated carbocycles. The molecule has 154 valence electrons. The number of carboxylic acid groups (broad SMARTS) is 1. The van der Waals surface area contributed by atoms with E-state index in [2.05, 4.69) is 17.6 Å². The largest absolute Gasteiger partial charge is 0.481 e. The number of thiophene rings is 1. The Labute approximate surface area is 170 Å². The number of carboxylic acids is 1. The quantitative estimate of drug-likeness (QED) is 0.638. The summed E-state index contributed by atoms with van der Waals surface area (Å²) in [5.74, 6) is -0.875. The maximum absolute atomic E-state index is 13.1. The van der Waals surface area contributed by atoms with Crippen LogP contribution >= 0.6 is 11.3 Å². The minimum atomic E-state index is -0.905. The molecule has 0 aromatic carbocycles. The Morgan fingerprint density at radius 1 is 1.18 bits per heavy atom. The van der Waals surface area contributed by atoms with Crippen LogP contribution < -0.4 is 10.6 Å². The monoisotopic (exact) mass is 406 g/mol. The van der Waals surface area contributed by atoms with E-state index in [1.165, 1.54) is 16.2 Å². The number of amides is 2. The maximum atomic E-state index is 13.1. The van der Waals surface area contributed by atoms with Gasteiger partial charge in [0, 0.05) is 23.8 Å². The van der Waals surface area contributed by atoms with Gasteiger partial charge in [-0.1, -0.05) is 26.7 Å². The molecule has 1 aromatic heterocycles. The third-order valence-electron chi connectivity index (χ3n) is 5.74. The fourth-order valence-corrected chi connectivity index (χ4v) is 5.70. The Hall–Kier alpha value is -1.89. The molecule has 3 rings (SSSR count). The highest BCUT2D eigenvalue weighted by atomic mass is 32.1. The molecule has 2 atom stereocenters. The predicted molar refractivity (Wildman–Crippen MR) is 110 cm³/mol. The number of carbonyl (C=O) groups excluding carboxylic acids is 2. The number of aliphatic carboxylic acids is 1. The van der Waals surface area contributed by atoms with Gasteiger partial charge >= 0.3 is 5.97 Å². The van der Waals surface area contributed by atoms with Crippen molar-refractivity contribution in [2.75, 3.05) is 5.32 Å². The predicted octanol–water partition coefficient (Wildman–Crippen LogP) is 3.98. The SMILES string of the molecule is CC(CC(=O)O)CC(=O)Nc1sc2c(c1C(=O)NC1CCCC1)CCC(C)C2. The minimum absolute atomic E-state index is 0.0408. The first-order chi connectivity index (χ1) is 13.3. The summed E-state index contributed by atoms with van der Waals surface area (Å²) in [5, 5.41) is 15.6. The van der Waals surface area contributed by atoms with Crippen molar-refractivity contribution < 1.29 is 19.5 Å². The molecule has 1 heterocycles. The molecule has 2 unspecified atom stereocenters. The first-order valence-corrected chi connectivity index (χ1v) is 11.1. The van der Waals surface area contributed by atoms with E-state index in [0.29, 0.717) is 16.5 Å². The number of rotatable bonds is 7. The molecule has 2 amide bonds. The van der Waals surface area contributed by atoms with Crippen molar-refractivity contribution in [2.24, 2.45) is 11.8 Å². The Balaban J connectivity index is 1.78. The maximum Gasteiger partial charge on any atom is 0.303 e. The van der Waals surface area contributed by atoms with Crippen LogP contribution in [0, 0.1) is 11.8 Å². The number of hydrogen-bond donors (Lipinski definition) is 3. The standard InChI is InChI=1S/C21H30N2O4S/c1-12-7-8-15-16(9-12)28-21(23-17(24)10-13(2)11-18(25)26)19(15)20(27)22-14-5-3-4-6-14/h12-14H,3-11H2,1-2H3,(H,22,27)(H,23,24)(H,25,26). The summed E-state index contributed by atoms with van der Waals surface area (Å²) in [6, 6.07) is 0.227. The van der Waals surface area contributed by atoms with Crippen molar-refractivity contribution in [2.45, 2.75) is 77.7 Å². The molecule has 0 spiro atoms. The smallest absolute Gasteiger partial charge is 0.303 e. The van der Waals surface area contributed by atoms with Crippen molar-refractivity contribution >= 4 is 34.1 Å². The lowest BCUT2D eigenvalue weighted by atomic mass is 9.88. The lowest BCUT2D eigenvalue weighted by Gasteiger charge is -2.19. The lowest BCUT2D eigenvalue weighted by Crippen LogP contribution is -2.33. The number of hydrogen-bond acceptors (Lipinski definition) is 4. The van der Waals surface area contributed by atoms with Gasteiger partial charge in [0.2, 0.25) is 5.91 Å². The molecule has 1 aromatic rings. The van der Waals surface area contributed by atoms with Crippen LogP contribution in [0.2, 0.25) is 0 Å². The van der Waals surface area contributed by atoms with Gasteiger partial charge in [-0.15, -0.1) is 11.3 Å². The fraction of sp³-hybridized carbons (Fsp3) is 0.667. The average molecular weight is 407 g/mol. The van der Waals surface area contributed by atoms with Crippen LogP contribution in [0.1, 0.15) is 79.6 Å². The Kier molecular flexibility index (Phi) is 6.75. The molecule has 1 fully saturated rings. The Bertz CT molecular complexity index is 752. The van der Waals surface area contributed by atoms with E-state index >= 15 is 0 Å². The van der Waals surface area contributed by atoms with Crippen LogP contribution in [0.25, 0.3) is 0 Å². The van der Waals surface area contributed by atoms with Crippen LogP contribution in [0.4, 0.5) is 5.00 Å². The van der Waals surface area contributed by atoms with Gasteiger partial charge in [0.05, 0.1) is 5.56 Å². The third-order valence-corrected chi connectivity index (χ3v) is 6.91. The van der Waals surface area contributed by atoms with Crippen LogP contribution in [0.3, 0.4) is 0 Å². The van der Waals surface area contributed by atoms with E-state index in [9.17, 15) is 14.4 Å². The van der Waals surface area contributed by atoms with Crippen molar-refractivity contribution in [1.82, 2.24) is 5.32 Å². The van der Waals surface area contributed by atoms with Crippen LogP contribution in [0.5, 0.6) is 0 Å². The zero-order chi connectivity index (χ0) is 20.3. The number of fused-ring (bicyclic) bond motifs is 1. The summed E-state index contributed by atoms with van der Waals surface area (Å²) in [6.45, 7) is 3.97. The van der Waals surface area contributed by atoms with Gasteiger partial charge < -0.3 is 15.7 Å². The summed E-state index contributed by atoms with van der Waals surface area (Å²) in [4.78, 5) is 37.6. The molecule has 0 bridgehead atoms. The zero-order valence-corrected chi connectivity index (χ0v) is 17.5. The summed E-state index contributed by atoms with van der Waals surface area (Å²) >= 11 is 1.51. The van der Waals surface area contributed by atoms with Crippen LogP contribution in [-0.4, -0.2) is 28.9 Å². The molecule has 6 nitrogen and oxygen atoms in total. The highest BCUT2D eigenvalue weighted by molar-refractivity contribution is 7.17. The number of carbonyl (C=O) groups is 3. The van der Waals surface area contributed by atoms with Crippen LogP contribution in [0.15, 0.2) is 0 Å². The first-order valence-electron chi connectivity index (χ1n) is 10.3. The summed E-state index contributed by atoms with van der Waals surface area (Å²) in [6.07, 6.45) is 7.28. The van der Waals surface area contributed by atoms with Gasteiger partial charge in [-0.2, -0.15) is 0 Å². The lowest BCUT2D eigenvalue weighted by molar-refractivity contribution is -0.138. The average Bonchev–Trinajstić information content (AvgIpc) is 3.20. The van der Waals surface area contributed by atoms with Gasteiger partial charge in [-0.05, 0) is 49.5 Å². The van der Waals surface area contributed by atoms with Gasteiger partial charge in [0.25, 0.3) is 5.91 Å². The van der Waals surface area contributed by atoms with E-state index in [1.807, 2.05) is 0 Å². The van der Waals surface area contributed by atoms with E-state index in [1.54, 1.807) is 6.92 Å². The molecular weight excluding hydrogens is 376 g/mol. The summed E-state index contributed by atoms with van der Waals surface area (Å²) in [5.41, 5.74) is 1.73. The minimum Gasteiger partial charge on any atom is -0.481 e. The second kappa shape index (κ2) is 9.07. The van der Waals surface area contributed by atoms with E-state index in [0.717, 1.165) is 50.5 Å². The second-order valence-electron chi connectivity index (χ2n) is 8.47. The molecule has 3 N–H and O–H groups in total. The van der Waals surface area contributed by atoms with E-state index < -0.39 is 5.97 Å². The van der Waals surface area contributed by atoms with E-state index in [-0.39, 0.29) is 36.6 Å². The number of anilines is 1. The molecule has 2 aliphatic rings. The number of nitrogens with one attached hydrogen (secondary N) is 2. The topological polar surface area (TPSA) is 95.5 Å². The summed E-state index contributed by atoms with van der Waals surface area (Å²) in [7, 11) is 0. The van der Waals surface area contributed by atoms with Gasteiger partial charge in [0.15, 0.2) is 0 Å². The van der Waals surface area contributed by atoms with Gasteiger partial charge in [-0.25, -0.2) is 0 Å². The van der Waals surface area contributed by atoms with Gasteiger partial charge in [0.1, 0.15) is 5.00 Å². The zero-order valence-electron chi connectivity index (χ0n) is 16.7. The molecule has 0 radical (unpaired) electrons. The molecule has 0 aliphatic heterocycles. The van der Waals surface area contributed by atoms with Crippen molar-refractivity contribution in [3.8, 4) is 0 Å². The van der Waals surface area contributed by atoms with E-state index in [4.69, 9.17) is 5.11 Å². The molecular formula is C21H30N2O4S. The summed E-state index contributed by atoms with van der Waals surface area (Å²) < 4.78 is 0. The normalized spacial score (nSPS) is 20.4. The molecule has 2 aliphatic carbocycles. The molecule has 0 saturated heterocycles. The third kappa shape index (κ3) is 5.13. The fourth-order valence-electron chi connectivity index (χ4n) is 4.27. The van der Waals surface area contributed by atoms with Crippen molar-refractivity contribution in [3.63, 3.8) is 0 Å². The molecule has 7 heteroatoms. The van der Waals surface area contributed by atoms with Gasteiger partial charge in [-0.3, -0.25) is 14.4 Å². The van der Waals surface area contributed by atoms with Crippen molar-refractivity contribution in [3.05, 3.63) is 16.0 Å². The highest BCUT2D eigenvalue weighted by Gasteiger charge is 2.30. The van der Waals surface area contributed by atoms with Crippen molar-refractivity contribution in [1.29, 1.82) is 0 Å². The Morgan fingerprint density at radius 3 is 2.57 bits per heavy atom. The van der Waals surface area contributed by atoms with Crippen LogP contribution in [-0.2, 0) is 22.4 Å². The Morgan fingerprint density at radius 2 is 1.89 bits per heavy atom. The first kappa shape index (κ1) is 20.8. The molecule has 28 heavy (non-hydrogen) atoms.